The number of rotatable bonds is 5. The van der Waals surface area contributed by atoms with E-state index in [1.807, 2.05) is 0 Å². The topological polar surface area (TPSA) is 72.2 Å². The predicted octanol–water partition coefficient (Wildman–Crippen LogP) is 2.95. The van der Waals surface area contributed by atoms with E-state index in [0.717, 1.165) is 13.1 Å². The third-order valence-electron chi connectivity index (χ3n) is 2.92. The summed E-state index contributed by atoms with van der Waals surface area (Å²) in [7, 11) is 0. The van der Waals surface area contributed by atoms with Crippen LogP contribution in [0.4, 0.5) is 5.69 Å². The lowest BCUT2D eigenvalue weighted by atomic mass is 10.0. The van der Waals surface area contributed by atoms with Gasteiger partial charge in [0.05, 0.1) is 0 Å². The van der Waals surface area contributed by atoms with Gasteiger partial charge in [-0.05, 0) is 37.4 Å². The molecule has 3 N–H and O–H groups in total. The van der Waals surface area contributed by atoms with Crippen LogP contribution in [-0.2, 0) is 0 Å². The number of carbonyl (C=O) groups excluding carboxylic acids is 2. The molecular formula is C18H22N2O2. The monoisotopic (exact) mass is 298 g/mol. The Morgan fingerprint density at radius 1 is 0.818 bits per heavy atom. The number of anilines is 1. The summed E-state index contributed by atoms with van der Waals surface area (Å²) >= 11 is 0. The summed E-state index contributed by atoms with van der Waals surface area (Å²) in [5.74, 6) is -1.02. The second kappa shape index (κ2) is 9.47. The van der Waals surface area contributed by atoms with Crippen molar-refractivity contribution in [1.29, 1.82) is 0 Å². The number of hydrogen-bond donors (Lipinski definition) is 2. The molecule has 0 saturated heterocycles. The number of nitrogens with two attached hydrogens (primary N) is 1. The van der Waals surface area contributed by atoms with Crippen molar-refractivity contribution in [1.82, 2.24) is 5.32 Å². The maximum absolute atomic E-state index is 11.9. The molecule has 0 radical (unpaired) electrons. The Balaban J connectivity index is 0.000000422. The van der Waals surface area contributed by atoms with Crippen LogP contribution in [0.3, 0.4) is 0 Å². The van der Waals surface area contributed by atoms with Crippen molar-refractivity contribution in [3.63, 3.8) is 0 Å². The van der Waals surface area contributed by atoms with Gasteiger partial charge in [0, 0.05) is 16.8 Å². The minimum Gasteiger partial charge on any atom is -0.399 e. The van der Waals surface area contributed by atoms with E-state index in [4.69, 9.17) is 5.73 Å². The first kappa shape index (κ1) is 17.6. The number of carbonyl (C=O) groups is 2. The molecule has 0 aliphatic rings. The first-order valence-electron chi connectivity index (χ1n) is 7.30. The Morgan fingerprint density at radius 2 is 1.27 bits per heavy atom. The first-order valence-corrected chi connectivity index (χ1v) is 7.30. The number of nitrogen functional groups attached to an aromatic ring is 1. The Labute approximate surface area is 131 Å². The van der Waals surface area contributed by atoms with Crippen LogP contribution in [0.5, 0.6) is 0 Å². The van der Waals surface area contributed by atoms with Crippen LogP contribution in [0.15, 0.2) is 54.6 Å². The largest absolute Gasteiger partial charge is 0.399 e. The SMILES string of the molecule is CCNCC.Nc1ccc(C(=O)C(=O)c2ccccc2)cc1. The van der Waals surface area contributed by atoms with Gasteiger partial charge in [0.1, 0.15) is 0 Å². The minimum atomic E-state index is -0.517. The van der Waals surface area contributed by atoms with Crippen LogP contribution < -0.4 is 11.1 Å². The van der Waals surface area contributed by atoms with E-state index >= 15 is 0 Å². The zero-order chi connectivity index (χ0) is 16.4. The average molecular weight is 298 g/mol. The molecule has 22 heavy (non-hydrogen) atoms. The molecule has 4 nitrogen and oxygen atoms in total. The van der Waals surface area contributed by atoms with Crippen LogP contribution in [0.1, 0.15) is 34.6 Å². The van der Waals surface area contributed by atoms with Gasteiger partial charge in [0.2, 0.25) is 11.6 Å². The van der Waals surface area contributed by atoms with E-state index < -0.39 is 11.6 Å². The van der Waals surface area contributed by atoms with E-state index in [1.54, 1.807) is 54.6 Å². The molecule has 0 aliphatic carbocycles. The molecule has 0 atom stereocenters. The van der Waals surface area contributed by atoms with Gasteiger partial charge >= 0.3 is 0 Å². The summed E-state index contributed by atoms with van der Waals surface area (Å²) in [5, 5.41) is 3.11. The summed E-state index contributed by atoms with van der Waals surface area (Å²) in [5.41, 5.74) is 6.83. The maximum atomic E-state index is 11.9. The van der Waals surface area contributed by atoms with Crippen molar-refractivity contribution in [3.05, 3.63) is 65.7 Å². The highest BCUT2D eigenvalue weighted by molar-refractivity contribution is 6.49. The molecule has 0 aromatic heterocycles. The van der Waals surface area contributed by atoms with Crippen molar-refractivity contribution in [2.24, 2.45) is 0 Å². The molecule has 2 aromatic rings. The van der Waals surface area contributed by atoms with Crippen LogP contribution in [0, 0.1) is 0 Å². The molecule has 116 valence electrons. The summed E-state index contributed by atoms with van der Waals surface area (Å²) in [6.07, 6.45) is 0. The number of ketones is 2. The fourth-order valence-electron chi connectivity index (χ4n) is 1.74. The lowest BCUT2D eigenvalue weighted by molar-refractivity contribution is 0.0817. The van der Waals surface area contributed by atoms with Gasteiger partial charge in [-0.15, -0.1) is 0 Å². The summed E-state index contributed by atoms with van der Waals surface area (Å²) in [4.78, 5) is 23.7. The maximum Gasteiger partial charge on any atom is 0.233 e. The Kier molecular flexibility index (Phi) is 7.57. The molecule has 0 unspecified atom stereocenters. The molecular weight excluding hydrogens is 276 g/mol. The van der Waals surface area contributed by atoms with Gasteiger partial charge in [0.25, 0.3) is 0 Å². The second-order valence-electron chi connectivity index (χ2n) is 4.60. The lowest BCUT2D eigenvalue weighted by Gasteiger charge is -2.01. The number of nitrogens with one attached hydrogen (secondary N) is 1. The molecule has 2 aromatic carbocycles. The highest BCUT2D eigenvalue weighted by Gasteiger charge is 2.17. The molecule has 0 aliphatic heterocycles. The molecule has 2 rings (SSSR count). The molecule has 0 amide bonds. The van der Waals surface area contributed by atoms with E-state index in [0.29, 0.717) is 16.8 Å². The van der Waals surface area contributed by atoms with Gasteiger partial charge < -0.3 is 11.1 Å². The smallest absolute Gasteiger partial charge is 0.233 e. The molecule has 0 spiro atoms. The average Bonchev–Trinajstić information content (AvgIpc) is 2.56. The summed E-state index contributed by atoms with van der Waals surface area (Å²) in [6, 6.07) is 14.8. The van der Waals surface area contributed by atoms with E-state index in [1.165, 1.54) is 0 Å². The van der Waals surface area contributed by atoms with Crippen molar-refractivity contribution >= 4 is 17.3 Å². The first-order chi connectivity index (χ1) is 10.6. The van der Waals surface area contributed by atoms with E-state index in [-0.39, 0.29) is 0 Å². The predicted molar refractivity (Wildman–Crippen MR) is 90.2 cm³/mol. The van der Waals surface area contributed by atoms with Gasteiger partial charge in [-0.1, -0.05) is 44.2 Å². The zero-order valence-electron chi connectivity index (χ0n) is 13.0. The third-order valence-corrected chi connectivity index (χ3v) is 2.92. The quantitative estimate of drug-likeness (QED) is 0.506. The number of benzene rings is 2. The third kappa shape index (κ3) is 5.50. The van der Waals surface area contributed by atoms with Crippen LogP contribution in [0.2, 0.25) is 0 Å². The molecule has 4 heteroatoms. The minimum absolute atomic E-state index is 0.355. The van der Waals surface area contributed by atoms with Gasteiger partial charge in [-0.25, -0.2) is 0 Å². The van der Waals surface area contributed by atoms with Crippen LogP contribution in [0.25, 0.3) is 0 Å². The van der Waals surface area contributed by atoms with Crippen molar-refractivity contribution in [3.8, 4) is 0 Å². The summed E-state index contributed by atoms with van der Waals surface area (Å²) in [6.45, 7) is 6.39. The van der Waals surface area contributed by atoms with Gasteiger partial charge in [0.15, 0.2) is 0 Å². The Hall–Kier alpha value is -2.46. The Bertz CT molecular complexity index is 590. The molecule has 0 bridgehead atoms. The van der Waals surface area contributed by atoms with E-state index in [9.17, 15) is 9.59 Å². The second-order valence-corrected chi connectivity index (χ2v) is 4.60. The summed E-state index contributed by atoms with van der Waals surface area (Å²) < 4.78 is 0. The standard InChI is InChI=1S/C14H11NO2.C4H11N/c15-12-8-6-11(7-9-12)14(17)13(16)10-4-2-1-3-5-10;1-3-5-4-2/h1-9H,15H2;5H,3-4H2,1-2H3. The van der Waals surface area contributed by atoms with Crippen LogP contribution in [-0.4, -0.2) is 24.7 Å². The fourth-order valence-corrected chi connectivity index (χ4v) is 1.74. The lowest BCUT2D eigenvalue weighted by Crippen LogP contribution is -2.14. The van der Waals surface area contributed by atoms with Crippen molar-refractivity contribution in [2.45, 2.75) is 13.8 Å². The molecule has 0 saturated carbocycles. The number of Topliss-reactive ketones (excluding diaryl/α,β-unsaturated/α-hetero) is 2. The van der Waals surface area contributed by atoms with Gasteiger partial charge in [-0.2, -0.15) is 0 Å². The van der Waals surface area contributed by atoms with Gasteiger partial charge in [-0.3, -0.25) is 9.59 Å². The van der Waals surface area contributed by atoms with Crippen molar-refractivity contribution < 1.29 is 9.59 Å². The van der Waals surface area contributed by atoms with Crippen molar-refractivity contribution in [2.75, 3.05) is 18.8 Å². The highest BCUT2D eigenvalue weighted by Crippen LogP contribution is 2.10. The van der Waals surface area contributed by atoms with E-state index in [2.05, 4.69) is 19.2 Å². The Morgan fingerprint density at radius 3 is 1.68 bits per heavy atom. The molecule has 0 fully saturated rings. The highest BCUT2D eigenvalue weighted by atomic mass is 16.2. The fraction of sp³-hybridized carbons (Fsp3) is 0.222. The number of hydrogen-bond acceptors (Lipinski definition) is 4. The zero-order valence-corrected chi connectivity index (χ0v) is 13.0. The van der Waals surface area contributed by atoms with Crippen LogP contribution >= 0.6 is 0 Å². The normalized spacial score (nSPS) is 9.55. The molecule has 0 heterocycles.